The molecule has 3 aromatic carbocycles. The van der Waals surface area contributed by atoms with E-state index >= 15 is 0 Å². The van der Waals surface area contributed by atoms with Crippen LogP contribution in [-0.2, 0) is 0 Å². The van der Waals surface area contributed by atoms with Crippen molar-refractivity contribution in [3.8, 4) is 0 Å². The summed E-state index contributed by atoms with van der Waals surface area (Å²) in [6.45, 7) is 6.57. The molecule has 0 saturated heterocycles. The maximum Gasteiger partial charge on any atom is 0.0768 e. The van der Waals surface area contributed by atoms with E-state index in [9.17, 15) is 0 Å². The number of fused-ring (bicyclic) bond motifs is 1. The van der Waals surface area contributed by atoms with Crippen LogP contribution in [0.2, 0.25) is 0 Å². The number of anilines is 2. The Labute approximate surface area is 159 Å². The van der Waals surface area contributed by atoms with Gasteiger partial charge in [0.05, 0.1) is 6.04 Å². The Bertz CT molecular complexity index is 1090. The van der Waals surface area contributed by atoms with Crippen LogP contribution in [-0.4, -0.2) is 4.98 Å². The van der Waals surface area contributed by atoms with E-state index in [4.69, 9.17) is 5.73 Å². The molecule has 134 valence electrons. The highest BCUT2D eigenvalue weighted by Gasteiger charge is 2.19. The highest BCUT2D eigenvalue weighted by molar-refractivity contribution is 5.94. The van der Waals surface area contributed by atoms with Crippen LogP contribution in [0.5, 0.6) is 0 Å². The summed E-state index contributed by atoms with van der Waals surface area (Å²) in [7, 11) is 0. The molecule has 4 rings (SSSR count). The normalized spacial score (nSPS) is 12.0. The molecule has 0 aliphatic carbocycles. The zero-order valence-electron chi connectivity index (χ0n) is 15.4. The monoisotopic (exact) mass is 353 g/mol. The number of aromatic amines is 1. The van der Waals surface area contributed by atoms with Gasteiger partial charge < -0.3 is 16.0 Å². The molecule has 0 fully saturated rings. The molecule has 1 heterocycles. The topological polar surface area (TPSA) is 53.8 Å². The van der Waals surface area contributed by atoms with E-state index in [2.05, 4.69) is 66.3 Å². The van der Waals surface area contributed by atoms with E-state index in [0.717, 1.165) is 33.6 Å². The second-order valence-corrected chi connectivity index (χ2v) is 6.89. The Balaban J connectivity index is 1.77. The van der Waals surface area contributed by atoms with Gasteiger partial charge in [0.15, 0.2) is 0 Å². The third-order valence-electron chi connectivity index (χ3n) is 4.86. The van der Waals surface area contributed by atoms with E-state index in [1.54, 1.807) is 0 Å². The van der Waals surface area contributed by atoms with Gasteiger partial charge in [-0.1, -0.05) is 54.6 Å². The maximum atomic E-state index is 5.97. The largest absolute Gasteiger partial charge is 0.399 e. The van der Waals surface area contributed by atoms with Crippen LogP contribution in [0, 0.1) is 6.92 Å². The fourth-order valence-electron chi connectivity index (χ4n) is 3.47. The summed E-state index contributed by atoms with van der Waals surface area (Å²) in [5.74, 6) is 0. The number of hydrogen-bond acceptors (Lipinski definition) is 2. The summed E-state index contributed by atoms with van der Waals surface area (Å²) in [5.41, 5.74) is 13.3. The summed E-state index contributed by atoms with van der Waals surface area (Å²) in [4.78, 5) is 3.37. The Morgan fingerprint density at radius 3 is 2.59 bits per heavy atom. The zero-order valence-corrected chi connectivity index (χ0v) is 15.4. The first-order valence-corrected chi connectivity index (χ1v) is 9.06. The molecular weight excluding hydrogens is 330 g/mol. The van der Waals surface area contributed by atoms with E-state index in [1.165, 1.54) is 10.9 Å². The van der Waals surface area contributed by atoms with Crippen molar-refractivity contribution in [1.82, 2.24) is 4.98 Å². The number of nitrogens with one attached hydrogen (secondary N) is 2. The first kappa shape index (κ1) is 17.0. The SMILES string of the molecule is C=C(c1c[nH]c2ccc(C)cc12)C(Nc1cccc(N)c1)c1ccccc1. The average Bonchev–Trinajstić information content (AvgIpc) is 3.09. The minimum Gasteiger partial charge on any atom is -0.399 e. The van der Waals surface area contributed by atoms with Crippen molar-refractivity contribution in [2.75, 3.05) is 11.1 Å². The fraction of sp³-hybridized carbons (Fsp3) is 0.0833. The van der Waals surface area contributed by atoms with E-state index < -0.39 is 0 Å². The summed E-state index contributed by atoms with van der Waals surface area (Å²) >= 11 is 0. The number of aromatic nitrogens is 1. The summed E-state index contributed by atoms with van der Waals surface area (Å²) < 4.78 is 0. The molecular formula is C24H23N3. The molecule has 27 heavy (non-hydrogen) atoms. The van der Waals surface area contributed by atoms with Crippen LogP contribution < -0.4 is 11.1 Å². The molecule has 0 spiro atoms. The van der Waals surface area contributed by atoms with Gasteiger partial charge in [-0.25, -0.2) is 0 Å². The predicted octanol–water partition coefficient (Wildman–Crippen LogP) is 5.93. The molecule has 0 saturated carbocycles. The molecule has 3 nitrogen and oxygen atoms in total. The Morgan fingerprint density at radius 2 is 1.81 bits per heavy atom. The van der Waals surface area contributed by atoms with Gasteiger partial charge in [-0.05, 0) is 48.4 Å². The molecule has 0 aliphatic heterocycles. The van der Waals surface area contributed by atoms with Gasteiger partial charge >= 0.3 is 0 Å². The number of aryl methyl sites for hydroxylation is 1. The van der Waals surface area contributed by atoms with Gasteiger partial charge in [-0.15, -0.1) is 0 Å². The molecule has 1 atom stereocenters. The minimum absolute atomic E-state index is 0.0625. The van der Waals surface area contributed by atoms with Crippen molar-refractivity contribution in [3.63, 3.8) is 0 Å². The lowest BCUT2D eigenvalue weighted by Gasteiger charge is -2.23. The second-order valence-electron chi connectivity index (χ2n) is 6.89. The number of hydrogen-bond donors (Lipinski definition) is 3. The van der Waals surface area contributed by atoms with Crippen LogP contribution >= 0.6 is 0 Å². The van der Waals surface area contributed by atoms with Crippen molar-refractivity contribution < 1.29 is 0 Å². The quantitative estimate of drug-likeness (QED) is 0.390. The van der Waals surface area contributed by atoms with Crippen molar-refractivity contribution in [2.45, 2.75) is 13.0 Å². The van der Waals surface area contributed by atoms with Crippen LogP contribution in [0.4, 0.5) is 11.4 Å². The lowest BCUT2D eigenvalue weighted by Crippen LogP contribution is -2.12. The number of benzene rings is 3. The standard InChI is InChI=1S/C24H23N3/c1-16-11-12-23-21(13-16)22(15-26-23)17(2)24(18-7-4-3-5-8-18)27-20-10-6-9-19(25)14-20/h3-15,24,26-27H,2,25H2,1H3. The maximum absolute atomic E-state index is 5.97. The fourth-order valence-corrected chi connectivity index (χ4v) is 3.47. The molecule has 1 unspecified atom stereocenters. The van der Waals surface area contributed by atoms with Crippen molar-refractivity contribution in [2.24, 2.45) is 0 Å². The Hall–Kier alpha value is -3.46. The van der Waals surface area contributed by atoms with Gasteiger partial charge in [0, 0.05) is 34.0 Å². The summed E-state index contributed by atoms with van der Waals surface area (Å²) in [5, 5.41) is 4.80. The van der Waals surface area contributed by atoms with Gasteiger partial charge in [0.1, 0.15) is 0 Å². The predicted molar refractivity (Wildman–Crippen MR) is 116 cm³/mol. The minimum atomic E-state index is -0.0625. The van der Waals surface area contributed by atoms with E-state index in [1.807, 2.05) is 36.5 Å². The highest BCUT2D eigenvalue weighted by atomic mass is 14.9. The first-order valence-electron chi connectivity index (χ1n) is 9.06. The third kappa shape index (κ3) is 3.44. The van der Waals surface area contributed by atoms with Crippen LogP contribution in [0.25, 0.3) is 16.5 Å². The molecule has 0 amide bonds. The molecule has 0 radical (unpaired) electrons. The highest BCUT2D eigenvalue weighted by Crippen LogP contribution is 2.36. The van der Waals surface area contributed by atoms with Crippen molar-refractivity contribution >= 4 is 27.9 Å². The number of rotatable bonds is 5. The molecule has 0 bridgehead atoms. The average molecular weight is 353 g/mol. The van der Waals surface area contributed by atoms with Gasteiger partial charge in [0.2, 0.25) is 0 Å². The molecule has 4 aromatic rings. The molecule has 1 aromatic heterocycles. The Kier molecular flexibility index (Phi) is 4.43. The number of nitrogens with two attached hydrogens (primary N) is 1. The number of H-pyrrole nitrogens is 1. The summed E-state index contributed by atoms with van der Waals surface area (Å²) in [6, 6.07) is 24.6. The molecule has 0 aliphatic rings. The smallest absolute Gasteiger partial charge is 0.0768 e. The van der Waals surface area contributed by atoms with Crippen LogP contribution in [0.3, 0.4) is 0 Å². The van der Waals surface area contributed by atoms with Crippen molar-refractivity contribution in [3.05, 3.63) is 102 Å². The lowest BCUT2D eigenvalue weighted by atomic mass is 9.93. The number of nitrogen functional groups attached to an aromatic ring is 1. The van der Waals surface area contributed by atoms with Crippen LogP contribution in [0.1, 0.15) is 22.7 Å². The van der Waals surface area contributed by atoms with Crippen molar-refractivity contribution in [1.29, 1.82) is 0 Å². The lowest BCUT2D eigenvalue weighted by molar-refractivity contribution is 1.01. The van der Waals surface area contributed by atoms with Crippen LogP contribution in [0.15, 0.2) is 85.6 Å². The van der Waals surface area contributed by atoms with Gasteiger partial charge in [-0.2, -0.15) is 0 Å². The third-order valence-corrected chi connectivity index (χ3v) is 4.86. The van der Waals surface area contributed by atoms with E-state index in [-0.39, 0.29) is 6.04 Å². The summed E-state index contributed by atoms with van der Waals surface area (Å²) in [6.07, 6.45) is 2.05. The second kappa shape index (κ2) is 7.04. The zero-order chi connectivity index (χ0) is 18.8. The molecule has 4 N–H and O–H groups in total. The van der Waals surface area contributed by atoms with Gasteiger partial charge in [0.25, 0.3) is 0 Å². The Morgan fingerprint density at radius 1 is 1.00 bits per heavy atom. The molecule has 3 heteroatoms. The van der Waals surface area contributed by atoms with E-state index in [0.29, 0.717) is 0 Å². The first-order chi connectivity index (χ1) is 13.1. The van der Waals surface area contributed by atoms with Gasteiger partial charge in [-0.3, -0.25) is 0 Å².